The number of ether oxygens (including phenoxy) is 2. The quantitative estimate of drug-likeness (QED) is 0.772. The number of aryl methyl sites for hydroxylation is 2. The Morgan fingerprint density at radius 1 is 1.35 bits per heavy atom. The van der Waals surface area contributed by atoms with E-state index >= 15 is 4.39 Å². The number of aromatic nitrogens is 1. The summed E-state index contributed by atoms with van der Waals surface area (Å²) < 4.78 is 30.7. The molecule has 3 rings (SSSR count). The molecule has 126 valence electrons. The van der Waals surface area contributed by atoms with Crippen LogP contribution in [0.15, 0.2) is 4.42 Å². The van der Waals surface area contributed by atoms with Gasteiger partial charge in [0.1, 0.15) is 5.76 Å². The van der Waals surface area contributed by atoms with Crippen LogP contribution in [0, 0.1) is 19.3 Å². The number of carbonyl (C=O) groups excluding carboxylic acids is 2. The fourth-order valence-electron chi connectivity index (χ4n) is 3.19. The highest BCUT2D eigenvalue weighted by atomic mass is 19.1. The van der Waals surface area contributed by atoms with Crippen LogP contribution < -0.4 is 0 Å². The fourth-order valence-corrected chi connectivity index (χ4v) is 3.19. The van der Waals surface area contributed by atoms with Crippen LogP contribution in [0.1, 0.15) is 29.1 Å². The Balaban J connectivity index is 1.88. The Morgan fingerprint density at radius 2 is 2.04 bits per heavy atom. The average Bonchev–Trinajstić information content (AvgIpc) is 2.96. The normalized spacial score (nSPS) is 25.5. The molecule has 0 unspecified atom stereocenters. The van der Waals surface area contributed by atoms with E-state index < -0.39 is 23.0 Å². The molecule has 2 fully saturated rings. The van der Waals surface area contributed by atoms with Crippen LogP contribution >= 0.6 is 0 Å². The van der Waals surface area contributed by atoms with Crippen molar-refractivity contribution in [1.29, 1.82) is 0 Å². The number of oxazole rings is 1. The molecule has 2 aliphatic rings. The molecular weight excluding hydrogens is 307 g/mol. The molecule has 1 amide bonds. The number of hydrogen-bond acceptors (Lipinski definition) is 6. The lowest BCUT2D eigenvalue weighted by Crippen LogP contribution is -2.61. The molecule has 0 aliphatic carbocycles. The van der Waals surface area contributed by atoms with Gasteiger partial charge >= 0.3 is 5.97 Å². The summed E-state index contributed by atoms with van der Waals surface area (Å²) in [5, 5.41) is 0. The van der Waals surface area contributed by atoms with E-state index in [2.05, 4.69) is 4.98 Å². The van der Waals surface area contributed by atoms with Crippen molar-refractivity contribution in [3.63, 3.8) is 0 Å². The zero-order chi connectivity index (χ0) is 16.8. The zero-order valence-electron chi connectivity index (χ0n) is 13.3. The van der Waals surface area contributed by atoms with Crippen molar-refractivity contribution in [2.75, 3.05) is 32.9 Å². The van der Waals surface area contributed by atoms with Crippen molar-refractivity contribution in [2.45, 2.75) is 26.4 Å². The molecule has 23 heavy (non-hydrogen) atoms. The topological polar surface area (TPSA) is 81.9 Å². The lowest BCUT2D eigenvalue weighted by molar-refractivity contribution is -0.196. The highest BCUT2D eigenvalue weighted by Crippen LogP contribution is 2.48. The number of likely N-dealkylation sites (tertiary alicyclic amines) is 1. The third-order valence-corrected chi connectivity index (χ3v) is 4.49. The minimum Gasteiger partial charge on any atom is -0.464 e. The zero-order valence-corrected chi connectivity index (χ0v) is 13.3. The number of carbonyl (C=O) groups is 2. The molecule has 0 N–H and O–H groups in total. The molecule has 0 bridgehead atoms. The van der Waals surface area contributed by atoms with Gasteiger partial charge in [-0.1, -0.05) is 0 Å². The SMILES string of the molecule is CCOC(=O)[C@]1(F)CN(C(=O)c2nc(C)oc2C)CC12COC2. The lowest BCUT2D eigenvalue weighted by Gasteiger charge is -2.43. The first-order chi connectivity index (χ1) is 10.8. The van der Waals surface area contributed by atoms with Gasteiger partial charge in [-0.25, -0.2) is 14.2 Å². The van der Waals surface area contributed by atoms with Gasteiger partial charge in [0.15, 0.2) is 11.6 Å². The summed E-state index contributed by atoms with van der Waals surface area (Å²) in [6, 6.07) is 0. The molecule has 2 saturated heterocycles. The fraction of sp³-hybridized carbons (Fsp3) is 0.667. The van der Waals surface area contributed by atoms with E-state index in [4.69, 9.17) is 13.9 Å². The van der Waals surface area contributed by atoms with Crippen LogP contribution in [0.5, 0.6) is 0 Å². The summed E-state index contributed by atoms with van der Waals surface area (Å²) in [4.78, 5) is 30.1. The van der Waals surface area contributed by atoms with Gasteiger partial charge in [0.25, 0.3) is 5.91 Å². The molecule has 0 radical (unpaired) electrons. The summed E-state index contributed by atoms with van der Waals surface area (Å²) in [6.07, 6.45) is 0. The first kappa shape index (κ1) is 15.9. The van der Waals surface area contributed by atoms with Crippen LogP contribution in [0.25, 0.3) is 0 Å². The molecule has 1 aromatic heterocycles. The van der Waals surface area contributed by atoms with Gasteiger partial charge in [-0.05, 0) is 13.8 Å². The Labute approximate surface area is 132 Å². The minimum absolute atomic E-state index is 0.0803. The minimum atomic E-state index is -2.26. The van der Waals surface area contributed by atoms with Crippen molar-refractivity contribution >= 4 is 11.9 Å². The number of alkyl halides is 1. The smallest absolute Gasteiger partial charge is 0.346 e. The van der Waals surface area contributed by atoms with Gasteiger partial charge in [0.2, 0.25) is 5.67 Å². The number of amides is 1. The van der Waals surface area contributed by atoms with Crippen molar-refractivity contribution in [3.05, 3.63) is 17.3 Å². The van der Waals surface area contributed by atoms with Crippen molar-refractivity contribution in [1.82, 2.24) is 9.88 Å². The molecule has 1 atom stereocenters. The summed E-state index contributed by atoms with van der Waals surface area (Å²) in [5.74, 6) is -0.649. The highest BCUT2D eigenvalue weighted by Gasteiger charge is 2.68. The molecule has 3 heterocycles. The maximum Gasteiger partial charge on any atom is 0.346 e. The van der Waals surface area contributed by atoms with E-state index in [-0.39, 0.29) is 38.6 Å². The maximum absolute atomic E-state index is 15.4. The summed E-state index contributed by atoms with van der Waals surface area (Å²) in [5.41, 5.74) is -3.16. The third-order valence-electron chi connectivity index (χ3n) is 4.49. The van der Waals surface area contributed by atoms with Gasteiger partial charge in [-0.3, -0.25) is 4.79 Å². The number of hydrogen-bond donors (Lipinski definition) is 0. The second-order valence-corrected chi connectivity index (χ2v) is 6.09. The standard InChI is InChI=1S/C15H19FN2O5/c1-4-22-13(20)15(16)6-18(5-14(15)7-21-8-14)12(19)11-9(2)23-10(3)17-11/h4-8H2,1-3H3/t15-/m1/s1. The second kappa shape index (κ2) is 5.30. The molecule has 0 aromatic carbocycles. The Bertz CT molecular complexity index is 654. The Hall–Kier alpha value is -1.96. The van der Waals surface area contributed by atoms with E-state index in [9.17, 15) is 9.59 Å². The number of esters is 1. The van der Waals surface area contributed by atoms with Crippen LogP contribution in [-0.2, 0) is 14.3 Å². The Kier molecular flexibility index (Phi) is 3.66. The Morgan fingerprint density at radius 3 is 2.52 bits per heavy atom. The lowest BCUT2D eigenvalue weighted by atomic mass is 9.74. The van der Waals surface area contributed by atoms with E-state index in [1.54, 1.807) is 20.8 Å². The van der Waals surface area contributed by atoms with Gasteiger partial charge in [-0.15, -0.1) is 0 Å². The number of rotatable bonds is 3. The largest absolute Gasteiger partial charge is 0.464 e. The van der Waals surface area contributed by atoms with E-state index in [0.29, 0.717) is 11.7 Å². The first-order valence-electron chi connectivity index (χ1n) is 7.50. The van der Waals surface area contributed by atoms with E-state index in [0.717, 1.165) is 0 Å². The predicted molar refractivity (Wildman–Crippen MR) is 75.6 cm³/mol. The highest BCUT2D eigenvalue weighted by molar-refractivity contribution is 5.95. The number of nitrogens with zero attached hydrogens (tertiary/aromatic N) is 2. The molecule has 2 aliphatic heterocycles. The van der Waals surface area contributed by atoms with Crippen molar-refractivity contribution in [3.8, 4) is 0 Å². The average molecular weight is 326 g/mol. The van der Waals surface area contributed by atoms with Crippen LogP contribution in [-0.4, -0.2) is 60.3 Å². The van der Waals surface area contributed by atoms with E-state index in [1.807, 2.05) is 0 Å². The van der Waals surface area contributed by atoms with Crippen molar-refractivity contribution < 1.29 is 27.9 Å². The van der Waals surface area contributed by atoms with Crippen molar-refractivity contribution in [2.24, 2.45) is 5.41 Å². The molecule has 8 heteroatoms. The monoisotopic (exact) mass is 326 g/mol. The predicted octanol–water partition coefficient (Wildman–Crippen LogP) is 1.04. The van der Waals surface area contributed by atoms with Crippen LogP contribution in [0.4, 0.5) is 4.39 Å². The van der Waals surface area contributed by atoms with Gasteiger partial charge in [-0.2, -0.15) is 0 Å². The maximum atomic E-state index is 15.4. The van der Waals surface area contributed by atoms with Gasteiger partial charge < -0.3 is 18.8 Å². The molecule has 1 spiro atoms. The van der Waals surface area contributed by atoms with Crippen LogP contribution in [0.2, 0.25) is 0 Å². The summed E-state index contributed by atoms with van der Waals surface area (Å²) in [7, 11) is 0. The summed E-state index contributed by atoms with van der Waals surface area (Å²) >= 11 is 0. The molecule has 1 aromatic rings. The van der Waals surface area contributed by atoms with Gasteiger partial charge in [0, 0.05) is 13.5 Å². The first-order valence-corrected chi connectivity index (χ1v) is 7.50. The molecule has 7 nitrogen and oxygen atoms in total. The van der Waals surface area contributed by atoms with Crippen LogP contribution in [0.3, 0.4) is 0 Å². The van der Waals surface area contributed by atoms with E-state index in [1.165, 1.54) is 4.90 Å². The summed E-state index contributed by atoms with van der Waals surface area (Å²) in [6.45, 7) is 4.85. The molecular formula is C15H19FN2O5. The third kappa shape index (κ3) is 2.23. The van der Waals surface area contributed by atoms with Gasteiger partial charge in [0.05, 0.1) is 31.8 Å². The number of halogens is 1. The second-order valence-electron chi connectivity index (χ2n) is 6.09. The molecule has 0 saturated carbocycles.